The van der Waals surface area contributed by atoms with Gasteiger partial charge in [-0.2, -0.15) is 0 Å². The van der Waals surface area contributed by atoms with Gasteiger partial charge in [0.05, 0.1) is 16.1 Å². The summed E-state index contributed by atoms with van der Waals surface area (Å²) in [4.78, 5) is 31.7. The monoisotopic (exact) mass is 549 g/mol. The van der Waals surface area contributed by atoms with E-state index >= 15 is 0 Å². The van der Waals surface area contributed by atoms with E-state index in [-0.39, 0.29) is 10.5 Å². The number of sulfone groups is 1. The SMILES string of the molecule is CS(=O)(=O)c1ccccc1-c1ccc(C(=O)N(c2ccc(Br)cn2)c2ccccc2C(N)=O)cc1. The number of para-hydroxylation sites is 1. The van der Waals surface area contributed by atoms with Crippen LogP contribution in [0.15, 0.2) is 100 Å². The molecule has 4 rings (SSSR count). The number of primary amides is 1. The number of carbonyl (C=O) groups excluding carboxylic acids is 2. The molecule has 0 aliphatic carbocycles. The number of halogens is 1. The lowest BCUT2D eigenvalue weighted by Crippen LogP contribution is -2.29. The maximum absolute atomic E-state index is 13.7. The van der Waals surface area contributed by atoms with Crippen LogP contribution in [0.25, 0.3) is 11.1 Å². The Morgan fingerprint density at radius 3 is 2.17 bits per heavy atom. The van der Waals surface area contributed by atoms with Crippen molar-refractivity contribution >= 4 is 49.1 Å². The minimum Gasteiger partial charge on any atom is -0.366 e. The van der Waals surface area contributed by atoms with Gasteiger partial charge in [0.1, 0.15) is 5.82 Å². The highest BCUT2D eigenvalue weighted by Gasteiger charge is 2.25. The lowest BCUT2D eigenvalue weighted by Gasteiger charge is -2.24. The third-order valence-corrected chi connectivity index (χ3v) is 6.91. The molecule has 0 fully saturated rings. The van der Waals surface area contributed by atoms with E-state index in [4.69, 9.17) is 5.73 Å². The van der Waals surface area contributed by atoms with E-state index in [2.05, 4.69) is 20.9 Å². The van der Waals surface area contributed by atoms with Gasteiger partial charge in [-0.3, -0.25) is 14.5 Å². The fraction of sp³-hybridized carbons (Fsp3) is 0.0385. The molecular weight excluding hydrogens is 530 g/mol. The minimum absolute atomic E-state index is 0.171. The molecule has 4 aromatic rings. The fourth-order valence-corrected chi connectivity index (χ4v) is 4.81. The standard InChI is InChI=1S/C26H20BrN3O4S/c1-35(33,34)23-9-5-3-6-20(23)17-10-12-18(13-11-17)26(32)30(24-15-14-19(27)16-29-24)22-8-4-2-7-21(22)25(28)31/h2-16H,1H3,(H2,28,31). The molecular formula is C26H20BrN3O4S. The summed E-state index contributed by atoms with van der Waals surface area (Å²) in [5.41, 5.74) is 7.54. The Kier molecular flexibility index (Phi) is 6.81. The zero-order valence-electron chi connectivity index (χ0n) is 18.6. The number of nitrogens with two attached hydrogens (primary N) is 1. The van der Waals surface area contributed by atoms with Gasteiger partial charge in [0.25, 0.3) is 11.8 Å². The van der Waals surface area contributed by atoms with Crippen molar-refractivity contribution in [2.45, 2.75) is 4.90 Å². The smallest absolute Gasteiger partial charge is 0.264 e. The quantitative estimate of drug-likeness (QED) is 0.364. The summed E-state index contributed by atoms with van der Waals surface area (Å²) in [6, 6.07) is 23.2. The largest absolute Gasteiger partial charge is 0.366 e. The molecule has 0 saturated heterocycles. The lowest BCUT2D eigenvalue weighted by atomic mass is 10.0. The van der Waals surface area contributed by atoms with Gasteiger partial charge in [0, 0.05) is 28.1 Å². The number of rotatable bonds is 6. The van der Waals surface area contributed by atoms with Gasteiger partial charge in [0.15, 0.2) is 9.84 Å². The van der Waals surface area contributed by atoms with Gasteiger partial charge >= 0.3 is 0 Å². The molecule has 0 aliphatic rings. The van der Waals surface area contributed by atoms with Gasteiger partial charge < -0.3 is 5.73 Å². The van der Waals surface area contributed by atoms with Crippen LogP contribution in [0.1, 0.15) is 20.7 Å². The molecule has 1 aromatic heterocycles. The molecule has 2 amide bonds. The molecule has 35 heavy (non-hydrogen) atoms. The summed E-state index contributed by atoms with van der Waals surface area (Å²) in [6.45, 7) is 0. The van der Waals surface area contributed by atoms with Crippen LogP contribution in [-0.2, 0) is 9.84 Å². The van der Waals surface area contributed by atoms with Crippen LogP contribution in [0, 0.1) is 0 Å². The zero-order valence-corrected chi connectivity index (χ0v) is 21.0. The Balaban J connectivity index is 1.79. The van der Waals surface area contributed by atoms with Crippen molar-refractivity contribution in [3.8, 4) is 11.1 Å². The molecule has 0 unspecified atom stereocenters. The number of anilines is 2. The Bertz CT molecular complexity index is 1520. The first kappa shape index (κ1) is 24.3. The summed E-state index contributed by atoms with van der Waals surface area (Å²) in [5.74, 6) is -0.807. The van der Waals surface area contributed by atoms with Crippen LogP contribution < -0.4 is 10.6 Å². The summed E-state index contributed by atoms with van der Waals surface area (Å²) < 4.78 is 25.1. The molecule has 1 heterocycles. The number of benzene rings is 3. The summed E-state index contributed by atoms with van der Waals surface area (Å²) >= 11 is 3.34. The van der Waals surface area contributed by atoms with Crippen molar-refractivity contribution in [1.29, 1.82) is 0 Å². The summed E-state index contributed by atoms with van der Waals surface area (Å²) in [5, 5.41) is 0. The normalized spacial score (nSPS) is 11.1. The van der Waals surface area contributed by atoms with Crippen LogP contribution in [0.2, 0.25) is 0 Å². The molecule has 0 spiro atoms. The molecule has 0 saturated carbocycles. The number of nitrogens with zero attached hydrogens (tertiary/aromatic N) is 2. The van der Waals surface area contributed by atoms with Crippen molar-refractivity contribution in [3.05, 3.63) is 107 Å². The maximum Gasteiger partial charge on any atom is 0.264 e. The highest BCUT2D eigenvalue weighted by molar-refractivity contribution is 9.10. The molecule has 176 valence electrons. The topological polar surface area (TPSA) is 110 Å². The van der Waals surface area contributed by atoms with E-state index in [1.165, 1.54) is 4.90 Å². The fourth-order valence-electron chi connectivity index (χ4n) is 3.66. The van der Waals surface area contributed by atoms with Crippen molar-refractivity contribution in [2.75, 3.05) is 11.2 Å². The van der Waals surface area contributed by atoms with Crippen molar-refractivity contribution in [1.82, 2.24) is 4.98 Å². The highest BCUT2D eigenvalue weighted by atomic mass is 79.9. The summed E-state index contributed by atoms with van der Waals surface area (Å²) in [7, 11) is -3.44. The van der Waals surface area contributed by atoms with Crippen LogP contribution in [-0.4, -0.2) is 31.5 Å². The summed E-state index contributed by atoms with van der Waals surface area (Å²) in [6.07, 6.45) is 2.71. The molecule has 0 radical (unpaired) electrons. The number of carbonyl (C=O) groups is 2. The van der Waals surface area contributed by atoms with Crippen LogP contribution in [0.5, 0.6) is 0 Å². The second kappa shape index (κ2) is 9.81. The number of aromatic nitrogens is 1. The maximum atomic E-state index is 13.7. The van der Waals surface area contributed by atoms with E-state index in [1.54, 1.807) is 91.1 Å². The number of hydrogen-bond donors (Lipinski definition) is 1. The molecule has 3 aromatic carbocycles. The Morgan fingerprint density at radius 2 is 1.54 bits per heavy atom. The second-order valence-electron chi connectivity index (χ2n) is 7.70. The molecule has 0 atom stereocenters. The Hall–Kier alpha value is -3.82. The van der Waals surface area contributed by atoms with Crippen molar-refractivity contribution in [2.24, 2.45) is 5.73 Å². The number of amides is 2. The van der Waals surface area contributed by atoms with Gasteiger partial charge in [0.2, 0.25) is 0 Å². The van der Waals surface area contributed by atoms with Crippen molar-refractivity contribution < 1.29 is 18.0 Å². The van der Waals surface area contributed by atoms with E-state index < -0.39 is 21.7 Å². The van der Waals surface area contributed by atoms with Crippen molar-refractivity contribution in [3.63, 3.8) is 0 Å². The molecule has 0 aliphatic heterocycles. The van der Waals surface area contributed by atoms with E-state index in [9.17, 15) is 18.0 Å². The van der Waals surface area contributed by atoms with Gasteiger partial charge in [-0.25, -0.2) is 13.4 Å². The molecule has 0 bridgehead atoms. The Labute approximate surface area is 211 Å². The third kappa shape index (κ3) is 5.16. The average Bonchev–Trinajstić information content (AvgIpc) is 2.85. The van der Waals surface area contributed by atoms with Crippen LogP contribution in [0.3, 0.4) is 0 Å². The third-order valence-electron chi connectivity index (χ3n) is 5.28. The average molecular weight is 550 g/mol. The Morgan fingerprint density at radius 1 is 0.886 bits per heavy atom. The number of hydrogen-bond acceptors (Lipinski definition) is 5. The predicted octanol–water partition coefficient (Wildman–Crippen LogP) is 4.99. The van der Waals surface area contributed by atoms with Crippen LogP contribution in [0.4, 0.5) is 11.5 Å². The first-order valence-electron chi connectivity index (χ1n) is 10.4. The predicted molar refractivity (Wildman–Crippen MR) is 138 cm³/mol. The highest BCUT2D eigenvalue weighted by Crippen LogP contribution is 2.31. The van der Waals surface area contributed by atoms with E-state index in [0.29, 0.717) is 28.2 Å². The molecule has 2 N–H and O–H groups in total. The minimum atomic E-state index is -3.44. The molecule has 9 heteroatoms. The number of pyridine rings is 1. The van der Waals surface area contributed by atoms with E-state index in [1.807, 2.05) is 0 Å². The van der Waals surface area contributed by atoms with Crippen LogP contribution >= 0.6 is 15.9 Å². The van der Waals surface area contributed by atoms with E-state index in [0.717, 1.165) is 10.7 Å². The molecule has 7 nitrogen and oxygen atoms in total. The van der Waals surface area contributed by atoms with Gasteiger partial charge in [-0.15, -0.1) is 0 Å². The first-order valence-corrected chi connectivity index (χ1v) is 13.1. The second-order valence-corrected chi connectivity index (χ2v) is 10.6. The zero-order chi connectivity index (χ0) is 25.2. The van der Waals surface area contributed by atoms with Gasteiger partial charge in [-0.1, -0.05) is 42.5 Å². The van der Waals surface area contributed by atoms with Gasteiger partial charge in [-0.05, 0) is 64.0 Å². The lowest BCUT2D eigenvalue weighted by molar-refractivity contribution is 0.0998. The first-order chi connectivity index (χ1) is 16.7.